The van der Waals surface area contributed by atoms with Gasteiger partial charge in [0.05, 0.1) is 22.8 Å². The zero-order valence-electron chi connectivity index (χ0n) is 15.2. The van der Waals surface area contributed by atoms with Gasteiger partial charge >= 0.3 is 6.18 Å². The second-order valence-corrected chi connectivity index (χ2v) is 6.17. The first-order chi connectivity index (χ1) is 13.1. The number of aromatic nitrogens is 3. The van der Waals surface area contributed by atoms with Crippen molar-refractivity contribution in [2.45, 2.75) is 19.5 Å². The Labute approximate surface area is 158 Å². The van der Waals surface area contributed by atoms with E-state index >= 15 is 0 Å². The SMILES string of the molecule is Cc1c(C(=O)NCCCN(C)CC(F)(F)F)nnn1-c1cccc([N+](=O)[O-])c1. The summed E-state index contributed by atoms with van der Waals surface area (Å²) in [6, 6.07) is 5.72. The summed E-state index contributed by atoms with van der Waals surface area (Å²) < 4.78 is 38.1. The van der Waals surface area contributed by atoms with Gasteiger partial charge in [-0.15, -0.1) is 5.10 Å². The zero-order valence-corrected chi connectivity index (χ0v) is 15.2. The summed E-state index contributed by atoms with van der Waals surface area (Å²) in [5.74, 6) is -0.521. The lowest BCUT2D eigenvalue weighted by Gasteiger charge is -2.18. The molecule has 152 valence electrons. The number of hydrogen-bond acceptors (Lipinski definition) is 6. The third-order valence-electron chi connectivity index (χ3n) is 3.85. The van der Waals surface area contributed by atoms with Gasteiger partial charge in [0.1, 0.15) is 0 Å². The maximum Gasteiger partial charge on any atom is 0.401 e. The molecule has 0 aliphatic rings. The topological polar surface area (TPSA) is 106 Å². The number of hydrogen-bond donors (Lipinski definition) is 1. The van der Waals surface area contributed by atoms with Crippen molar-refractivity contribution < 1.29 is 22.9 Å². The zero-order chi connectivity index (χ0) is 20.9. The monoisotopic (exact) mass is 400 g/mol. The number of rotatable bonds is 8. The van der Waals surface area contributed by atoms with Crippen molar-refractivity contribution in [1.29, 1.82) is 0 Å². The Kier molecular flexibility index (Phi) is 6.67. The van der Waals surface area contributed by atoms with Gasteiger partial charge in [0.2, 0.25) is 0 Å². The van der Waals surface area contributed by atoms with E-state index in [0.717, 1.165) is 4.90 Å². The fraction of sp³-hybridized carbons (Fsp3) is 0.438. The minimum absolute atomic E-state index is 0.0372. The first-order valence-corrected chi connectivity index (χ1v) is 8.29. The average molecular weight is 400 g/mol. The molecule has 0 fully saturated rings. The molecule has 0 bridgehead atoms. The van der Waals surface area contributed by atoms with Crippen LogP contribution in [0.15, 0.2) is 24.3 Å². The maximum absolute atomic E-state index is 12.3. The summed E-state index contributed by atoms with van der Waals surface area (Å²) in [7, 11) is 1.35. The van der Waals surface area contributed by atoms with Gasteiger partial charge in [0, 0.05) is 18.7 Å². The fourth-order valence-electron chi connectivity index (χ4n) is 2.54. The van der Waals surface area contributed by atoms with Gasteiger partial charge < -0.3 is 5.32 Å². The highest BCUT2D eigenvalue weighted by atomic mass is 19.4. The van der Waals surface area contributed by atoms with Crippen LogP contribution in [0.5, 0.6) is 0 Å². The van der Waals surface area contributed by atoms with Gasteiger partial charge in [-0.25, -0.2) is 4.68 Å². The third-order valence-corrected chi connectivity index (χ3v) is 3.85. The van der Waals surface area contributed by atoms with Gasteiger partial charge in [-0.2, -0.15) is 13.2 Å². The fourth-order valence-corrected chi connectivity index (χ4v) is 2.54. The largest absolute Gasteiger partial charge is 0.401 e. The smallest absolute Gasteiger partial charge is 0.351 e. The number of carbonyl (C=O) groups is 1. The summed E-state index contributed by atoms with van der Waals surface area (Å²) in [4.78, 5) is 23.7. The molecule has 0 saturated carbocycles. The number of nitrogens with one attached hydrogen (secondary N) is 1. The minimum atomic E-state index is -4.26. The number of non-ortho nitro benzene ring substituents is 1. The van der Waals surface area contributed by atoms with Crippen LogP contribution < -0.4 is 5.32 Å². The highest BCUT2D eigenvalue weighted by molar-refractivity contribution is 5.93. The number of alkyl halides is 3. The van der Waals surface area contributed by atoms with Gasteiger partial charge in [-0.1, -0.05) is 11.3 Å². The molecule has 28 heavy (non-hydrogen) atoms. The van der Waals surface area contributed by atoms with Crippen molar-refractivity contribution >= 4 is 11.6 Å². The highest BCUT2D eigenvalue weighted by Gasteiger charge is 2.28. The molecule has 0 radical (unpaired) electrons. The Morgan fingerprint density at radius 1 is 1.39 bits per heavy atom. The van der Waals surface area contributed by atoms with Crippen LogP contribution in [0.3, 0.4) is 0 Å². The number of halogens is 3. The maximum atomic E-state index is 12.3. The van der Waals surface area contributed by atoms with Crippen molar-refractivity contribution in [3.8, 4) is 5.69 Å². The van der Waals surface area contributed by atoms with Crippen LogP contribution in [0.4, 0.5) is 18.9 Å². The normalized spacial score (nSPS) is 11.6. The lowest BCUT2D eigenvalue weighted by Crippen LogP contribution is -2.34. The molecule has 0 atom stereocenters. The van der Waals surface area contributed by atoms with E-state index in [1.165, 1.54) is 29.9 Å². The molecule has 1 N–H and O–H groups in total. The Bertz CT molecular complexity index is 852. The van der Waals surface area contributed by atoms with Crippen LogP contribution in [-0.2, 0) is 0 Å². The molecule has 0 aliphatic carbocycles. The van der Waals surface area contributed by atoms with Crippen LogP contribution >= 0.6 is 0 Å². The molecule has 12 heteroatoms. The van der Waals surface area contributed by atoms with Crippen molar-refractivity contribution in [1.82, 2.24) is 25.2 Å². The first kappa shape index (κ1) is 21.3. The quantitative estimate of drug-likeness (QED) is 0.413. The number of carbonyl (C=O) groups excluding carboxylic acids is 1. The van der Waals surface area contributed by atoms with E-state index in [4.69, 9.17) is 0 Å². The predicted octanol–water partition coefficient (Wildman–Crippen LogP) is 2.10. The van der Waals surface area contributed by atoms with E-state index in [1.807, 2.05) is 0 Å². The number of benzene rings is 1. The number of nitro groups is 1. The van der Waals surface area contributed by atoms with E-state index in [0.29, 0.717) is 17.8 Å². The van der Waals surface area contributed by atoms with E-state index in [1.54, 1.807) is 13.0 Å². The molecule has 1 aromatic heterocycles. The third kappa shape index (κ3) is 5.74. The van der Waals surface area contributed by atoms with Crippen molar-refractivity contribution in [2.24, 2.45) is 0 Å². The van der Waals surface area contributed by atoms with E-state index in [2.05, 4.69) is 15.6 Å². The minimum Gasteiger partial charge on any atom is -0.351 e. The van der Waals surface area contributed by atoms with Crippen molar-refractivity contribution in [3.63, 3.8) is 0 Å². The second kappa shape index (κ2) is 8.78. The van der Waals surface area contributed by atoms with E-state index in [9.17, 15) is 28.1 Å². The Hall–Kier alpha value is -3.02. The van der Waals surface area contributed by atoms with Crippen molar-refractivity contribution in [2.75, 3.05) is 26.7 Å². The van der Waals surface area contributed by atoms with Crippen LogP contribution in [0.25, 0.3) is 5.69 Å². The number of nitro benzene ring substituents is 1. The molecule has 0 aliphatic heterocycles. The van der Waals surface area contributed by atoms with Gasteiger partial charge in [-0.3, -0.25) is 19.8 Å². The Morgan fingerprint density at radius 2 is 2.11 bits per heavy atom. The summed E-state index contributed by atoms with van der Waals surface area (Å²) in [6.07, 6.45) is -3.93. The summed E-state index contributed by atoms with van der Waals surface area (Å²) >= 11 is 0. The molecule has 1 heterocycles. The van der Waals surface area contributed by atoms with Gasteiger partial charge in [0.15, 0.2) is 5.69 Å². The molecular formula is C16H19F3N6O3. The van der Waals surface area contributed by atoms with Gasteiger partial charge in [-0.05, 0) is 33.0 Å². The molecule has 0 saturated heterocycles. The molecule has 0 spiro atoms. The Balaban J connectivity index is 1.95. The van der Waals surface area contributed by atoms with E-state index < -0.39 is 23.6 Å². The van der Waals surface area contributed by atoms with Gasteiger partial charge in [0.25, 0.3) is 11.6 Å². The molecular weight excluding hydrogens is 381 g/mol. The Morgan fingerprint density at radius 3 is 2.75 bits per heavy atom. The standard InChI is InChI=1S/C16H19F3N6O3/c1-11-14(15(26)20-7-4-8-23(2)10-16(17,18)19)21-22-24(11)12-5-3-6-13(9-12)25(27)28/h3,5-6,9H,4,7-8,10H2,1-2H3,(H,20,26). The summed E-state index contributed by atoms with van der Waals surface area (Å²) in [6.45, 7) is 0.908. The highest BCUT2D eigenvalue weighted by Crippen LogP contribution is 2.18. The number of nitrogens with zero attached hydrogens (tertiary/aromatic N) is 5. The first-order valence-electron chi connectivity index (χ1n) is 8.29. The summed E-state index contributed by atoms with van der Waals surface area (Å²) in [5.41, 5.74) is 0.677. The molecule has 0 unspecified atom stereocenters. The second-order valence-electron chi connectivity index (χ2n) is 6.17. The lowest BCUT2D eigenvalue weighted by atomic mass is 10.2. The molecule has 9 nitrogen and oxygen atoms in total. The molecule has 1 amide bonds. The van der Waals surface area contributed by atoms with Crippen LogP contribution in [0.2, 0.25) is 0 Å². The number of amides is 1. The van der Waals surface area contributed by atoms with E-state index in [-0.39, 0.29) is 24.5 Å². The molecule has 2 aromatic rings. The lowest BCUT2D eigenvalue weighted by molar-refractivity contribution is -0.384. The molecule has 1 aromatic carbocycles. The molecule has 2 rings (SSSR count). The van der Waals surface area contributed by atoms with Crippen LogP contribution in [-0.4, -0.2) is 63.6 Å². The van der Waals surface area contributed by atoms with Crippen LogP contribution in [0.1, 0.15) is 22.6 Å². The summed E-state index contributed by atoms with van der Waals surface area (Å²) in [5, 5.41) is 21.1. The predicted molar refractivity (Wildman–Crippen MR) is 93.3 cm³/mol. The van der Waals surface area contributed by atoms with Crippen LogP contribution in [0, 0.1) is 17.0 Å². The van der Waals surface area contributed by atoms with Crippen molar-refractivity contribution in [3.05, 3.63) is 45.8 Å². The average Bonchev–Trinajstić information content (AvgIpc) is 2.98.